The lowest BCUT2D eigenvalue weighted by atomic mass is 10.0. The minimum absolute atomic E-state index is 0.327. The zero-order valence-corrected chi connectivity index (χ0v) is 18.8. The zero-order valence-electron chi connectivity index (χ0n) is 18.8. The smallest absolute Gasteiger partial charge is 0.135 e. The number of fused-ring (bicyclic) bond motifs is 1. The van der Waals surface area contributed by atoms with E-state index < -0.39 is 0 Å². The molecule has 156 valence electrons. The van der Waals surface area contributed by atoms with Crippen molar-refractivity contribution in [2.75, 3.05) is 26.1 Å². The topological polar surface area (TPSA) is 52.0 Å². The van der Waals surface area contributed by atoms with Crippen molar-refractivity contribution in [1.82, 2.24) is 14.5 Å². The van der Waals surface area contributed by atoms with Gasteiger partial charge in [0, 0.05) is 31.6 Å². The predicted molar refractivity (Wildman–Crippen MR) is 122 cm³/mol. The van der Waals surface area contributed by atoms with Crippen LogP contribution in [0.5, 0.6) is 0 Å². The molecule has 5 nitrogen and oxygen atoms in total. The number of nitrogens with one attached hydrogen (secondary N) is 1. The van der Waals surface area contributed by atoms with Gasteiger partial charge in [-0.15, -0.1) is 0 Å². The lowest BCUT2D eigenvalue weighted by molar-refractivity contribution is 0.152. The number of methoxy groups -OCH3 is 1. The summed E-state index contributed by atoms with van der Waals surface area (Å²) in [5.74, 6) is 1.27. The van der Waals surface area contributed by atoms with E-state index in [-0.39, 0.29) is 0 Å². The van der Waals surface area contributed by atoms with Crippen molar-refractivity contribution in [1.29, 1.82) is 0 Å². The summed E-state index contributed by atoms with van der Waals surface area (Å²) in [6.07, 6.45) is 4.43. The normalized spacial score (nSPS) is 12.7. The van der Waals surface area contributed by atoms with Gasteiger partial charge >= 0.3 is 0 Å². The van der Waals surface area contributed by atoms with Gasteiger partial charge in [-0.2, -0.15) is 0 Å². The van der Waals surface area contributed by atoms with Crippen LogP contribution in [0.4, 0.5) is 5.82 Å². The fourth-order valence-electron chi connectivity index (χ4n) is 4.01. The van der Waals surface area contributed by atoms with Crippen molar-refractivity contribution in [3.05, 3.63) is 41.2 Å². The van der Waals surface area contributed by atoms with Crippen molar-refractivity contribution in [2.24, 2.45) is 0 Å². The number of pyridine rings is 2. The first-order chi connectivity index (χ1) is 13.9. The fraction of sp³-hybridized carbons (Fsp3) is 0.500. The van der Waals surface area contributed by atoms with Gasteiger partial charge in [0.1, 0.15) is 5.82 Å². The Hall–Kier alpha value is -2.40. The quantitative estimate of drug-likeness (QED) is 0.519. The molecule has 0 radical (unpaired) electrons. The first-order valence-corrected chi connectivity index (χ1v) is 10.6. The Morgan fingerprint density at radius 1 is 1.14 bits per heavy atom. The third kappa shape index (κ3) is 4.15. The molecule has 1 atom stereocenters. The van der Waals surface area contributed by atoms with Crippen molar-refractivity contribution in [2.45, 2.75) is 59.4 Å². The molecule has 29 heavy (non-hydrogen) atoms. The summed E-state index contributed by atoms with van der Waals surface area (Å²) >= 11 is 0. The summed E-state index contributed by atoms with van der Waals surface area (Å²) in [4.78, 5) is 9.93. The number of hydrogen-bond acceptors (Lipinski definition) is 4. The Bertz CT molecular complexity index is 984. The number of aromatic nitrogens is 3. The molecule has 0 spiro atoms. The van der Waals surface area contributed by atoms with Gasteiger partial charge in [0.05, 0.1) is 29.4 Å². The molecule has 0 saturated heterocycles. The van der Waals surface area contributed by atoms with Crippen molar-refractivity contribution < 1.29 is 4.74 Å². The van der Waals surface area contributed by atoms with Gasteiger partial charge in [-0.05, 0) is 55.5 Å². The molecule has 0 fully saturated rings. The van der Waals surface area contributed by atoms with Gasteiger partial charge in [0.25, 0.3) is 0 Å². The molecule has 3 rings (SSSR count). The second-order valence-corrected chi connectivity index (χ2v) is 8.18. The molecule has 0 bridgehead atoms. The van der Waals surface area contributed by atoms with E-state index in [1.807, 2.05) is 7.05 Å². The molecule has 5 heteroatoms. The predicted octanol–water partition coefficient (Wildman–Crippen LogP) is 5.87. The molecule has 3 heterocycles. The monoisotopic (exact) mass is 394 g/mol. The standard InChI is InChI=1S/C24H34N4O/c1-8-9-18(14-29-7)28-13-17(5)23-21(28)12-16(4)22(27-23)19-10-11-20(15(2)3)26-24(19)25-6/h10-13,15,18H,8-9,14H2,1-7H3,(H,25,26). The number of hydrogen-bond donors (Lipinski definition) is 1. The van der Waals surface area contributed by atoms with E-state index in [2.05, 4.69) is 68.9 Å². The number of aryl methyl sites for hydroxylation is 2. The van der Waals surface area contributed by atoms with Crippen LogP contribution in [0.1, 0.15) is 62.4 Å². The number of ether oxygens (including phenoxy) is 1. The molecule has 0 saturated carbocycles. The van der Waals surface area contributed by atoms with Crippen LogP contribution in [0.3, 0.4) is 0 Å². The van der Waals surface area contributed by atoms with Crippen molar-refractivity contribution in [3.63, 3.8) is 0 Å². The van der Waals surface area contributed by atoms with E-state index >= 15 is 0 Å². The van der Waals surface area contributed by atoms with Crippen LogP contribution in [-0.2, 0) is 4.74 Å². The summed E-state index contributed by atoms with van der Waals surface area (Å²) in [5, 5.41) is 3.26. The van der Waals surface area contributed by atoms with Crippen LogP contribution in [0.2, 0.25) is 0 Å². The molecule has 0 aliphatic carbocycles. The van der Waals surface area contributed by atoms with Crippen LogP contribution < -0.4 is 5.32 Å². The van der Waals surface area contributed by atoms with Gasteiger partial charge < -0.3 is 14.6 Å². The van der Waals surface area contributed by atoms with Crippen molar-refractivity contribution in [3.8, 4) is 11.3 Å². The third-order valence-electron chi connectivity index (χ3n) is 5.55. The minimum Gasteiger partial charge on any atom is -0.383 e. The number of nitrogens with zero attached hydrogens (tertiary/aromatic N) is 3. The summed E-state index contributed by atoms with van der Waals surface area (Å²) < 4.78 is 7.84. The van der Waals surface area contributed by atoms with E-state index in [4.69, 9.17) is 14.7 Å². The molecular formula is C24H34N4O. The number of rotatable bonds is 8. The van der Waals surface area contributed by atoms with Crippen LogP contribution in [0.15, 0.2) is 24.4 Å². The average molecular weight is 395 g/mol. The molecule has 3 aromatic rings. The lowest BCUT2D eigenvalue weighted by Gasteiger charge is -2.19. The summed E-state index contributed by atoms with van der Waals surface area (Å²) in [7, 11) is 3.70. The lowest BCUT2D eigenvalue weighted by Crippen LogP contribution is -2.13. The average Bonchev–Trinajstić information content (AvgIpc) is 3.02. The molecule has 0 amide bonds. The SMILES string of the molecule is CCCC(COC)n1cc(C)c2nc(-c3ccc(C(C)C)nc3NC)c(C)cc21. The maximum absolute atomic E-state index is 5.50. The Morgan fingerprint density at radius 3 is 2.52 bits per heavy atom. The van der Waals surface area contributed by atoms with E-state index in [1.54, 1.807) is 7.11 Å². The zero-order chi connectivity index (χ0) is 21.1. The highest BCUT2D eigenvalue weighted by Crippen LogP contribution is 2.34. The highest BCUT2D eigenvalue weighted by Gasteiger charge is 2.19. The van der Waals surface area contributed by atoms with Crippen LogP contribution in [0.25, 0.3) is 22.3 Å². The van der Waals surface area contributed by atoms with Crippen LogP contribution in [-0.4, -0.2) is 35.3 Å². The Kier molecular flexibility index (Phi) is 6.58. The number of anilines is 1. The van der Waals surface area contributed by atoms with Crippen LogP contribution in [0, 0.1) is 13.8 Å². The molecular weight excluding hydrogens is 360 g/mol. The minimum atomic E-state index is 0.327. The summed E-state index contributed by atoms with van der Waals surface area (Å²) in [6, 6.07) is 6.85. The Morgan fingerprint density at radius 2 is 1.90 bits per heavy atom. The maximum atomic E-state index is 5.50. The van der Waals surface area contributed by atoms with Gasteiger partial charge in [-0.3, -0.25) is 0 Å². The molecule has 0 aromatic carbocycles. The van der Waals surface area contributed by atoms with Gasteiger partial charge in [-0.25, -0.2) is 9.97 Å². The van der Waals surface area contributed by atoms with Gasteiger partial charge in [0.15, 0.2) is 0 Å². The Labute approximate surface area is 174 Å². The largest absolute Gasteiger partial charge is 0.383 e. The fourth-order valence-corrected chi connectivity index (χ4v) is 4.01. The van der Waals surface area contributed by atoms with E-state index in [1.165, 1.54) is 11.1 Å². The summed E-state index contributed by atoms with van der Waals surface area (Å²) in [5.41, 5.74) is 7.70. The molecule has 0 aliphatic heterocycles. The van der Waals surface area contributed by atoms with E-state index in [0.717, 1.165) is 46.7 Å². The van der Waals surface area contributed by atoms with E-state index in [0.29, 0.717) is 18.6 Å². The molecule has 1 unspecified atom stereocenters. The van der Waals surface area contributed by atoms with Gasteiger partial charge in [-0.1, -0.05) is 27.2 Å². The summed E-state index contributed by atoms with van der Waals surface area (Å²) in [6.45, 7) is 11.5. The highest BCUT2D eigenvalue weighted by atomic mass is 16.5. The van der Waals surface area contributed by atoms with Crippen LogP contribution >= 0.6 is 0 Å². The molecule has 0 aliphatic rings. The maximum Gasteiger partial charge on any atom is 0.135 e. The second kappa shape index (κ2) is 8.95. The first-order valence-electron chi connectivity index (χ1n) is 10.6. The van der Waals surface area contributed by atoms with Gasteiger partial charge in [0.2, 0.25) is 0 Å². The Balaban J connectivity index is 2.15. The molecule has 3 aromatic heterocycles. The highest BCUT2D eigenvalue weighted by molar-refractivity contribution is 5.86. The third-order valence-corrected chi connectivity index (χ3v) is 5.55. The first kappa shape index (κ1) is 21.3. The van der Waals surface area contributed by atoms with Crippen molar-refractivity contribution >= 4 is 16.9 Å². The molecule has 1 N–H and O–H groups in total. The van der Waals surface area contributed by atoms with E-state index in [9.17, 15) is 0 Å². The second-order valence-electron chi connectivity index (χ2n) is 8.18.